The number of rotatable bonds is 4. The predicted molar refractivity (Wildman–Crippen MR) is 82.8 cm³/mol. The molecule has 0 amide bonds. The molecule has 2 aliphatic rings. The third-order valence-electron chi connectivity index (χ3n) is 4.72. The molecular formula is C15H21N5O2. The molecule has 3 rings (SSSR count). The van der Waals surface area contributed by atoms with Crippen molar-refractivity contribution < 1.29 is 0 Å². The van der Waals surface area contributed by atoms with Gasteiger partial charge in [-0.25, -0.2) is 4.79 Å². The lowest BCUT2D eigenvalue weighted by molar-refractivity contribution is 0.316. The van der Waals surface area contributed by atoms with E-state index in [9.17, 15) is 14.9 Å². The Kier molecular flexibility index (Phi) is 3.79. The zero-order valence-electron chi connectivity index (χ0n) is 13.0. The number of nitriles is 1. The number of hydrogen-bond donors (Lipinski definition) is 1. The van der Waals surface area contributed by atoms with Crippen molar-refractivity contribution in [2.24, 2.45) is 20.0 Å². The molecule has 7 nitrogen and oxygen atoms in total. The molecule has 0 bridgehead atoms. The van der Waals surface area contributed by atoms with Gasteiger partial charge < -0.3 is 10.2 Å². The molecule has 2 fully saturated rings. The van der Waals surface area contributed by atoms with Crippen molar-refractivity contribution in [2.75, 3.05) is 25.0 Å². The van der Waals surface area contributed by atoms with Crippen LogP contribution in [0.3, 0.4) is 0 Å². The average molecular weight is 303 g/mol. The van der Waals surface area contributed by atoms with Crippen LogP contribution in [-0.2, 0) is 14.1 Å². The SMILES string of the molecule is Cn1c(NC[C@H]2CCN(C3CC3)C2)c(C#N)c(=O)n(C)c1=O. The van der Waals surface area contributed by atoms with E-state index in [2.05, 4.69) is 10.2 Å². The lowest BCUT2D eigenvalue weighted by atomic mass is 10.1. The number of aromatic nitrogens is 2. The van der Waals surface area contributed by atoms with Crippen LogP contribution < -0.4 is 16.6 Å². The van der Waals surface area contributed by atoms with E-state index in [1.807, 2.05) is 6.07 Å². The normalized spacial score (nSPS) is 21.8. The molecule has 118 valence electrons. The molecule has 1 saturated heterocycles. The molecule has 1 atom stereocenters. The summed E-state index contributed by atoms with van der Waals surface area (Å²) in [7, 11) is 2.97. The maximum Gasteiger partial charge on any atom is 0.332 e. The van der Waals surface area contributed by atoms with Gasteiger partial charge in [0.1, 0.15) is 11.9 Å². The number of nitrogens with zero attached hydrogens (tertiary/aromatic N) is 4. The highest BCUT2D eigenvalue weighted by Crippen LogP contribution is 2.31. The second kappa shape index (κ2) is 5.61. The molecule has 1 aromatic rings. The van der Waals surface area contributed by atoms with Gasteiger partial charge in [-0.05, 0) is 31.7 Å². The zero-order valence-corrected chi connectivity index (χ0v) is 13.0. The van der Waals surface area contributed by atoms with Crippen LogP contribution in [0, 0.1) is 17.2 Å². The van der Waals surface area contributed by atoms with E-state index in [0.29, 0.717) is 18.3 Å². The number of hydrogen-bond acceptors (Lipinski definition) is 5. The van der Waals surface area contributed by atoms with Gasteiger partial charge in [-0.3, -0.25) is 13.9 Å². The van der Waals surface area contributed by atoms with Gasteiger partial charge in [0.15, 0.2) is 5.56 Å². The van der Waals surface area contributed by atoms with Crippen molar-refractivity contribution in [2.45, 2.75) is 25.3 Å². The highest BCUT2D eigenvalue weighted by molar-refractivity contribution is 5.51. The Bertz CT molecular complexity index is 738. The van der Waals surface area contributed by atoms with Crippen LogP contribution >= 0.6 is 0 Å². The molecule has 1 N–H and O–H groups in total. The summed E-state index contributed by atoms with van der Waals surface area (Å²) >= 11 is 0. The Labute approximate surface area is 128 Å². The van der Waals surface area contributed by atoms with Gasteiger partial charge in [-0.1, -0.05) is 0 Å². The van der Waals surface area contributed by atoms with Gasteiger partial charge in [0, 0.05) is 33.2 Å². The Hall–Kier alpha value is -2.07. The van der Waals surface area contributed by atoms with Crippen molar-refractivity contribution in [1.29, 1.82) is 5.26 Å². The number of likely N-dealkylation sites (tertiary alicyclic amines) is 1. The smallest absolute Gasteiger partial charge is 0.332 e. The first-order valence-electron chi connectivity index (χ1n) is 7.71. The van der Waals surface area contributed by atoms with E-state index >= 15 is 0 Å². The van der Waals surface area contributed by atoms with Gasteiger partial charge in [-0.2, -0.15) is 5.26 Å². The molecule has 0 radical (unpaired) electrons. The summed E-state index contributed by atoms with van der Waals surface area (Å²) in [6.45, 7) is 2.86. The van der Waals surface area contributed by atoms with Crippen LogP contribution in [0.1, 0.15) is 24.8 Å². The predicted octanol–water partition coefficient (Wildman–Crippen LogP) is -0.148. The van der Waals surface area contributed by atoms with Gasteiger partial charge >= 0.3 is 5.69 Å². The second-order valence-electron chi connectivity index (χ2n) is 6.30. The fourth-order valence-corrected chi connectivity index (χ4v) is 3.19. The summed E-state index contributed by atoms with van der Waals surface area (Å²) in [4.78, 5) is 26.5. The van der Waals surface area contributed by atoms with Crippen LogP contribution in [0.4, 0.5) is 5.82 Å². The molecule has 1 aliphatic carbocycles. The number of anilines is 1. The highest BCUT2D eigenvalue weighted by Gasteiger charge is 2.34. The first-order valence-corrected chi connectivity index (χ1v) is 7.71. The Balaban J connectivity index is 1.76. The van der Waals surface area contributed by atoms with E-state index in [1.165, 1.54) is 24.5 Å². The largest absolute Gasteiger partial charge is 0.370 e. The fourth-order valence-electron chi connectivity index (χ4n) is 3.19. The van der Waals surface area contributed by atoms with E-state index in [-0.39, 0.29) is 5.56 Å². The average Bonchev–Trinajstić information content (AvgIpc) is 3.26. The molecule has 1 saturated carbocycles. The van der Waals surface area contributed by atoms with E-state index in [4.69, 9.17) is 0 Å². The van der Waals surface area contributed by atoms with Crippen molar-refractivity contribution in [3.8, 4) is 6.07 Å². The maximum atomic E-state index is 12.0. The Morgan fingerprint density at radius 1 is 1.23 bits per heavy atom. The van der Waals surface area contributed by atoms with Crippen LogP contribution in [0.25, 0.3) is 0 Å². The fraction of sp³-hybridized carbons (Fsp3) is 0.667. The van der Waals surface area contributed by atoms with Gasteiger partial charge in [-0.15, -0.1) is 0 Å². The molecule has 7 heteroatoms. The lowest BCUT2D eigenvalue weighted by Crippen LogP contribution is -2.40. The summed E-state index contributed by atoms with van der Waals surface area (Å²) in [5.74, 6) is 0.826. The van der Waals surface area contributed by atoms with Crippen LogP contribution in [0.15, 0.2) is 9.59 Å². The highest BCUT2D eigenvalue weighted by atomic mass is 16.2. The van der Waals surface area contributed by atoms with Crippen LogP contribution in [0.2, 0.25) is 0 Å². The molecule has 1 aliphatic heterocycles. The topological polar surface area (TPSA) is 83.1 Å². The van der Waals surface area contributed by atoms with E-state index in [0.717, 1.165) is 30.1 Å². The molecular weight excluding hydrogens is 282 g/mol. The summed E-state index contributed by atoms with van der Waals surface area (Å²) in [5.41, 5.74) is -0.960. The molecule has 22 heavy (non-hydrogen) atoms. The first-order chi connectivity index (χ1) is 10.5. The molecule has 0 unspecified atom stereocenters. The Morgan fingerprint density at radius 3 is 2.59 bits per heavy atom. The van der Waals surface area contributed by atoms with Gasteiger partial charge in [0.2, 0.25) is 0 Å². The maximum absolute atomic E-state index is 12.0. The minimum atomic E-state index is -0.542. The third-order valence-corrected chi connectivity index (χ3v) is 4.72. The van der Waals surface area contributed by atoms with Crippen molar-refractivity contribution in [3.63, 3.8) is 0 Å². The zero-order chi connectivity index (χ0) is 15.9. The van der Waals surface area contributed by atoms with Crippen molar-refractivity contribution in [1.82, 2.24) is 14.0 Å². The molecule has 2 heterocycles. The summed E-state index contributed by atoms with van der Waals surface area (Å²) in [5, 5.41) is 12.4. The van der Waals surface area contributed by atoms with Crippen LogP contribution in [-0.4, -0.2) is 39.7 Å². The van der Waals surface area contributed by atoms with E-state index < -0.39 is 11.2 Å². The van der Waals surface area contributed by atoms with Crippen LogP contribution in [0.5, 0.6) is 0 Å². The number of nitrogens with one attached hydrogen (secondary N) is 1. The van der Waals surface area contributed by atoms with Gasteiger partial charge in [0.05, 0.1) is 0 Å². The minimum Gasteiger partial charge on any atom is -0.370 e. The molecule has 1 aromatic heterocycles. The van der Waals surface area contributed by atoms with Crippen molar-refractivity contribution in [3.05, 3.63) is 26.4 Å². The van der Waals surface area contributed by atoms with Gasteiger partial charge in [0.25, 0.3) is 5.56 Å². The summed E-state index contributed by atoms with van der Waals surface area (Å²) in [6, 6.07) is 2.69. The standard InChI is InChI=1S/C15H21N5O2/c1-18-13(12(7-16)14(21)19(2)15(18)22)17-8-10-5-6-20(9-10)11-3-4-11/h10-11,17H,3-6,8-9H2,1-2H3/t10-/m1/s1. The summed E-state index contributed by atoms with van der Waals surface area (Å²) < 4.78 is 2.31. The monoisotopic (exact) mass is 303 g/mol. The molecule has 0 aromatic carbocycles. The summed E-state index contributed by atoms with van der Waals surface area (Å²) in [6.07, 6.45) is 3.73. The second-order valence-corrected chi connectivity index (χ2v) is 6.30. The van der Waals surface area contributed by atoms with Crippen molar-refractivity contribution >= 4 is 5.82 Å². The minimum absolute atomic E-state index is 0.00152. The Morgan fingerprint density at radius 2 is 1.95 bits per heavy atom. The molecule has 0 spiro atoms. The first kappa shape index (κ1) is 14.9. The third kappa shape index (κ3) is 2.55. The quantitative estimate of drug-likeness (QED) is 0.836. The van der Waals surface area contributed by atoms with E-state index in [1.54, 1.807) is 7.05 Å². The lowest BCUT2D eigenvalue weighted by Gasteiger charge is -2.17.